The molecule has 0 saturated heterocycles. The summed E-state index contributed by atoms with van der Waals surface area (Å²) in [6.07, 6.45) is 1.93. The van der Waals surface area contributed by atoms with E-state index in [4.69, 9.17) is 9.47 Å². The van der Waals surface area contributed by atoms with Gasteiger partial charge in [0.1, 0.15) is 5.75 Å². The minimum Gasteiger partial charge on any atom is -0.497 e. The van der Waals surface area contributed by atoms with Crippen LogP contribution in [0.15, 0.2) is 71.3 Å². The van der Waals surface area contributed by atoms with Crippen LogP contribution in [-0.4, -0.2) is 36.3 Å². The van der Waals surface area contributed by atoms with Gasteiger partial charge in [0, 0.05) is 12.5 Å². The molecule has 2 aromatic carbocycles. The van der Waals surface area contributed by atoms with Crippen molar-refractivity contribution in [2.45, 2.75) is 26.3 Å². The van der Waals surface area contributed by atoms with E-state index in [1.807, 2.05) is 54.6 Å². The predicted molar refractivity (Wildman–Crippen MR) is 111 cm³/mol. The van der Waals surface area contributed by atoms with Gasteiger partial charge in [-0.15, -0.1) is 0 Å². The summed E-state index contributed by atoms with van der Waals surface area (Å²) in [5.74, 6) is -0.164. The lowest BCUT2D eigenvalue weighted by Crippen LogP contribution is -2.31. The second-order valence-corrected chi connectivity index (χ2v) is 6.97. The molecule has 2 aromatic rings. The number of hydrogen-bond acceptors (Lipinski definition) is 5. The van der Waals surface area contributed by atoms with E-state index in [-0.39, 0.29) is 18.6 Å². The molecule has 0 fully saturated rings. The first kappa shape index (κ1) is 20.3. The van der Waals surface area contributed by atoms with E-state index in [1.54, 1.807) is 21.0 Å². The number of esters is 1. The fourth-order valence-corrected chi connectivity index (χ4v) is 3.11. The number of hydrazone groups is 1. The standard InChI is InChI=1S/C23H24N2O4/c1-16(2)13-23(27)29-15-22(26)25-21(18-9-11-19(28-3)12-10-18)14-20(24-25)17-7-5-4-6-8-17/h4-13,21H,14-15H2,1-3H3/t21-/m1/s1. The van der Waals surface area contributed by atoms with Crippen molar-refractivity contribution in [3.05, 3.63) is 77.4 Å². The summed E-state index contributed by atoms with van der Waals surface area (Å²) in [7, 11) is 1.61. The van der Waals surface area contributed by atoms with Crippen LogP contribution in [0.25, 0.3) is 0 Å². The second-order valence-electron chi connectivity index (χ2n) is 6.97. The Morgan fingerprint density at radius 1 is 1.10 bits per heavy atom. The third-order valence-corrected chi connectivity index (χ3v) is 4.52. The van der Waals surface area contributed by atoms with Crippen molar-refractivity contribution in [3.8, 4) is 5.75 Å². The average molecular weight is 392 g/mol. The van der Waals surface area contributed by atoms with Crippen LogP contribution in [0.2, 0.25) is 0 Å². The maximum Gasteiger partial charge on any atom is 0.331 e. The van der Waals surface area contributed by atoms with Gasteiger partial charge in [0.15, 0.2) is 6.61 Å². The molecule has 0 N–H and O–H groups in total. The van der Waals surface area contributed by atoms with Gasteiger partial charge in [-0.2, -0.15) is 5.10 Å². The summed E-state index contributed by atoms with van der Waals surface area (Å²) >= 11 is 0. The highest BCUT2D eigenvalue weighted by atomic mass is 16.5. The highest BCUT2D eigenvalue weighted by Gasteiger charge is 2.33. The number of carbonyl (C=O) groups is 2. The lowest BCUT2D eigenvalue weighted by molar-refractivity contribution is -0.149. The Balaban J connectivity index is 1.83. The van der Waals surface area contributed by atoms with Crippen molar-refractivity contribution >= 4 is 17.6 Å². The zero-order chi connectivity index (χ0) is 20.8. The van der Waals surface area contributed by atoms with E-state index in [2.05, 4.69) is 5.10 Å². The summed E-state index contributed by atoms with van der Waals surface area (Å²) in [6.45, 7) is 3.22. The van der Waals surface area contributed by atoms with Crippen molar-refractivity contribution in [2.75, 3.05) is 13.7 Å². The van der Waals surface area contributed by atoms with E-state index >= 15 is 0 Å². The number of ether oxygens (including phenoxy) is 2. The van der Waals surface area contributed by atoms with E-state index in [0.29, 0.717) is 6.42 Å². The van der Waals surface area contributed by atoms with Crippen LogP contribution in [0.5, 0.6) is 5.75 Å². The molecule has 6 nitrogen and oxygen atoms in total. The van der Waals surface area contributed by atoms with Crippen LogP contribution in [0.3, 0.4) is 0 Å². The fourth-order valence-electron chi connectivity index (χ4n) is 3.11. The molecular formula is C23H24N2O4. The number of hydrogen-bond donors (Lipinski definition) is 0. The second kappa shape index (κ2) is 9.19. The van der Waals surface area contributed by atoms with E-state index in [9.17, 15) is 9.59 Å². The molecular weight excluding hydrogens is 368 g/mol. The molecule has 0 aliphatic carbocycles. The van der Waals surface area contributed by atoms with Crippen molar-refractivity contribution in [1.82, 2.24) is 5.01 Å². The first-order valence-electron chi connectivity index (χ1n) is 9.38. The zero-order valence-corrected chi connectivity index (χ0v) is 16.8. The van der Waals surface area contributed by atoms with Crippen LogP contribution in [-0.2, 0) is 14.3 Å². The largest absolute Gasteiger partial charge is 0.497 e. The third-order valence-electron chi connectivity index (χ3n) is 4.52. The molecule has 1 heterocycles. The van der Waals surface area contributed by atoms with Gasteiger partial charge < -0.3 is 9.47 Å². The smallest absolute Gasteiger partial charge is 0.331 e. The Labute approximate surface area is 170 Å². The van der Waals surface area contributed by atoms with Gasteiger partial charge in [0.25, 0.3) is 5.91 Å². The molecule has 1 aliphatic rings. The molecule has 1 amide bonds. The average Bonchev–Trinajstić information content (AvgIpc) is 3.18. The van der Waals surface area contributed by atoms with Gasteiger partial charge in [-0.3, -0.25) is 4.79 Å². The number of allylic oxidation sites excluding steroid dienone is 1. The Morgan fingerprint density at radius 3 is 2.41 bits per heavy atom. The molecule has 0 radical (unpaired) electrons. The highest BCUT2D eigenvalue weighted by Crippen LogP contribution is 2.33. The lowest BCUT2D eigenvalue weighted by atomic mass is 9.98. The quantitative estimate of drug-likeness (QED) is 0.553. The van der Waals surface area contributed by atoms with Crippen LogP contribution < -0.4 is 4.74 Å². The maximum absolute atomic E-state index is 12.8. The zero-order valence-electron chi connectivity index (χ0n) is 16.8. The van der Waals surface area contributed by atoms with E-state index in [1.165, 1.54) is 11.1 Å². The molecule has 150 valence electrons. The van der Waals surface area contributed by atoms with E-state index in [0.717, 1.165) is 28.2 Å². The molecule has 0 aromatic heterocycles. The highest BCUT2D eigenvalue weighted by molar-refractivity contribution is 6.03. The molecule has 0 bridgehead atoms. The van der Waals surface area contributed by atoms with Crippen molar-refractivity contribution < 1.29 is 19.1 Å². The number of methoxy groups -OCH3 is 1. The normalized spacial score (nSPS) is 15.5. The molecule has 1 aliphatic heterocycles. The first-order chi connectivity index (χ1) is 14.0. The van der Waals surface area contributed by atoms with Crippen LogP contribution in [0.1, 0.15) is 37.4 Å². The molecule has 3 rings (SSSR count). The molecule has 0 saturated carbocycles. The Kier molecular flexibility index (Phi) is 6.44. The number of amides is 1. The topological polar surface area (TPSA) is 68.2 Å². The van der Waals surface area contributed by atoms with Crippen molar-refractivity contribution in [2.24, 2.45) is 5.10 Å². The van der Waals surface area contributed by atoms with Crippen molar-refractivity contribution in [1.29, 1.82) is 0 Å². The molecule has 0 spiro atoms. The summed E-state index contributed by atoms with van der Waals surface area (Å²) in [5, 5.41) is 5.98. The summed E-state index contributed by atoms with van der Waals surface area (Å²) in [4.78, 5) is 24.6. The monoisotopic (exact) mass is 392 g/mol. The SMILES string of the molecule is COc1ccc([C@H]2CC(c3ccccc3)=NN2C(=O)COC(=O)C=C(C)C)cc1. The summed E-state index contributed by atoms with van der Waals surface area (Å²) in [6, 6.07) is 17.0. The molecule has 1 atom stereocenters. The molecule has 29 heavy (non-hydrogen) atoms. The van der Waals surface area contributed by atoms with Crippen LogP contribution >= 0.6 is 0 Å². The minimum atomic E-state index is -0.536. The first-order valence-corrected chi connectivity index (χ1v) is 9.38. The number of benzene rings is 2. The Bertz CT molecular complexity index is 929. The minimum absolute atomic E-state index is 0.272. The number of carbonyl (C=O) groups excluding carboxylic acids is 2. The van der Waals surface area contributed by atoms with Gasteiger partial charge in [0.2, 0.25) is 0 Å². The third kappa shape index (κ3) is 5.10. The van der Waals surface area contributed by atoms with Gasteiger partial charge in [-0.25, -0.2) is 9.80 Å². The molecule has 6 heteroatoms. The van der Waals surface area contributed by atoms with Crippen LogP contribution in [0.4, 0.5) is 0 Å². The molecule has 0 unspecified atom stereocenters. The maximum atomic E-state index is 12.8. The predicted octanol–water partition coefficient (Wildman–Crippen LogP) is 3.88. The Morgan fingerprint density at radius 2 is 1.79 bits per heavy atom. The summed E-state index contributed by atoms with van der Waals surface area (Å²) < 4.78 is 10.3. The van der Waals surface area contributed by atoms with Gasteiger partial charge in [-0.05, 0) is 37.1 Å². The van der Waals surface area contributed by atoms with Gasteiger partial charge in [0.05, 0.1) is 18.9 Å². The lowest BCUT2D eigenvalue weighted by Gasteiger charge is -2.22. The summed E-state index contributed by atoms with van der Waals surface area (Å²) in [5.41, 5.74) is 3.52. The van der Waals surface area contributed by atoms with Crippen molar-refractivity contribution in [3.63, 3.8) is 0 Å². The fraction of sp³-hybridized carbons (Fsp3) is 0.261. The van der Waals surface area contributed by atoms with Gasteiger partial charge in [-0.1, -0.05) is 48.0 Å². The van der Waals surface area contributed by atoms with Gasteiger partial charge >= 0.3 is 5.97 Å². The van der Waals surface area contributed by atoms with E-state index < -0.39 is 5.97 Å². The number of rotatable bonds is 6. The van der Waals surface area contributed by atoms with Crippen LogP contribution in [0, 0.1) is 0 Å². The number of nitrogens with zero attached hydrogens (tertiary/aromatic N) is 2. The Hall–Kier alpha value is -3.41.